The molecule has 1 aromatic carbocycles. The van der Waals surface area contributed by atoms with Crippen molar-refractivity contribution in [3.63, 3.8) is 0 Å². The highest BCUT2D eigenvalue weighted by molar-refractivity contribution is 7.80. The van der Waals surface area contributed by atoms with Gasteiger partial charge in [-0.1, -0.05) is 24.2 Å². The van der Waals surface area contributed by atoms with Crippen LogP contribution in [0.3, 0.4) is 0 Å². The van der Waals surface area contributed by atoms with Crippen LogP contribution in [0.25, 0.3) is 0 Å². The molecule has 0 fully saturated rings. The van der Waals surface area contributed by atoms with Gasteiger partial charge < -0.3 is 4.74 Å². The number of alkyl halides is 3. The van der Waals surface area contributed by atoms with Crippen LogP contribution in [-0.2, 0) is 0 Å². The first-order valence-corrected chi connectivity index (χ1v) is 3.89. The molecule has 0 saturated heterocycles. The summed E-state index contributed by atoms with van der Waals surface area (Å²) in [7, 11) is 0. The Labute approximate surface area is 82.9 Å². The molecular weight excluding hydrogens is 225 g/mol. The van der Waals surface area contributed by atoms with Gasteiger partial charge in [-0.05, 0) is 12.1 Å². The standard InChI is InChI=1S/C7H3ClF3OS/c8-5-3-4(1-2-6(5)13)12-7(9,10)11/h1-3H. The number of ether oxygens (including phenoxy) is 1. The summed E-state index contributed by atoms with van der Waals surface area (Å²) in [5.41, 5.74) is 0. The minimum atomic E-state index is -4.70. The third-order valence-corrected chi connectivity index (χ3v) is 1.92. The zero-order valence-corrected chi connectivity index (χ0v) is 7.63. The number of hydrogen-bond donors (Lipinski definition) is 0. The predicted molar refractivity (Wildman–Crippen MR) is 44.0 cm³/mol. The highest BCUT2D eigenvalue weighted by Crippen LogP contribution is 2.28. The Kier molecular flexibility index (Phi) is 2.87. The summed E-state index contributed by atoms with van der Waals surface area (Å²) in [5.74, 6) is -0.369. The molecule has 0 aliphatic heterocycles. The van der Waals surface area contributed by atoms with Crippen molar-refractivity contribution in [3.05, 3.63) is 23.2 Å². The van der Waals surface area contributed by atoms with Crippen molar-refractivity contribution < 1.29 is 17.9 Å². The summed E-state index contributed by atoms with van der Waals surface area (Å²) in [6.45, 7) is 0. The first-order chi connectivity index (χ1) is 5.88. The minimum Gasteiger partial charge on any atom is -0.406 e. The van der Waals surface area contributed by atoms with Crippen LogP contribution in [0.2, 0.25) is 5.02 Å². The van der Waals surface area contributed by atoms with E-state index in [0.717, 1.165) is 12.1 Å². The van der Waals surface area contributed by atoms with Crippen LogP contribution in [0.15, 0.2) is 23.1 Å². The molecule has 1 rings (SSSR count). The lowest BCUT2D eigenvalue weighted by Gasteiger charge is -2.08. The van der Waals surface area contributed by atoms with Crippen molar-refractivity contribution in [2.24, 2.45) is 0 Å². The van der Waals surface area contributed by atoms with E-state index in [2.05, 4.69) is 17.4 Å². The molecule has 0 saturated carbocycles. The average Bonchev–Trinajstić information content (AvgIpc) is 1.94. The Bertz CT molecular complexity index is 313. The molecule has 0 bridgehead atoms. The lowest BCUT2D eigenvalue weighted by Crippen LogP contribution is -2.17. The van der Waals surface area contributed by atoms with E-state index in [9.17, 15) is 13.2 Å². The summed E-state index contributed by atoms with van der Waals surface area (Å²) in [6, 6.07) is 3.41. The van der Waals surface area contributed by atoms with Gasteiger partial charge in [0.2, 0.25) is 0 Å². The van der Waals surface area contributed by atoms with Gasteiger partial charge in [0.25, 0.3) is 0 Å². The SMILES string of the molecule is FC(F)(F)Oc1ccc([S])c(Cl)c1. The zero-order chi connectivity index (χ0) is 10.1. The maximum Gasteiger partial charge on any atom is 0.573 e. The monoisotopic (exact) mass is 227 g/mol. The summed E-state index contributed by atoms with van der Waals surface area (Å²) in [5, 5.41) is 0.0664. The quantitative estimate of drug-likeness (QED) is 0.709. The van der Waals surface area contributed by atoms with E-state index < -0.39 is 6.36 Å². The van der Waals surface area contributed by atoms with Gasteiger partial charge in [0.1, 0.15) is 5.75 Å². The molecule has 0 atom stereocenters. The molecule has 0 aromatic heterocycles. The molecule has 0 heterocycles. The summed E-state index contributed by atoms with van der Waals surface area (Å²) >= 11 is 10.2. The van der Waals surface area contributed by atoms with Crippen LogP contribution in [0.4, 0.5) is 13.2 Å². The van der Waals surface area contributed by atoms with Gasteiger partial charge in [-0.15, -0.1) is 13.2 Å². The lowest BCUT2D eigenvalue weighted by atomic mass is 10.3. The van der Waals surface area contributed by atoms with Gasteiger partial charge >= 0.3 is 6.36 Å². The highest BCUT2D eigenvalue weighted by Gasteiger charge is 2.31. The Morgan fingerprint density at radius 2 is 1.92 bits per heavy atom. The van der Waals surface area contributed by atoms with Crippen LogP contribution < -0.4 is 4.74 Å². The zero-order valence-electron chi connectivity index (χ0n) is 6.06. The fraction of sp³-hybridized carbons (Fsp3) is 0.143. The molecule has 71 valence electrons. The molecule has 0 unspecified atom stereocenters. The normalized spacial score (nSPS) is 11.4. The average molecular weight is 228 g/mol. The van der Waals surface area contributed by atoms with E-state index in [-0.39, 0.29) is 15.7 Å². The molecule has 6 heteroatoms. The molecule has 0 amide bonds. The van der Waals surface area contributed by atoms with Crippen molar-refractivity contribution in [2.75, 3.05) is 0 Å². The van der Waals surface area contributed by atoms with E-state index in [1.807, 2.05) is 0 Å². The fourth-order valence-corrected chi connectivity index (χ4v) is 0.976. The maximum absolute atomic E-state index is 11.7. The van der Waals surface area contributed by atoms with Gasteiger partial charge in [0, 0.05) is 6.07 Å². The third kappa shape index (κ3) is 3.28. The number of halogens is 4. The van der Waals surface area contributed by atoms with E-state index in [0.29, 0.717) is 0 Å². The molecule has 0 aliphatic carbocycles. The molecule has 0 spiro atoms. The predicted octanol–water partition coefficient (Wildman–Crippen LogP) is 3.80. The number of hydrogen-bond acceptors (Lipinski definition) is 1. The fourth-order valence-electron chi connectivity index (χ4n) is 0.679. The lowest BCUT2D eigenvalue weighted by molar-refractivity contribution is -0.274. The number of rotatable bonds is 1. The molecule has 13 heavy (non-hydrogen) atoms. The van der Waals surface area contributed by atoms with Gasteiger partial charge in [-0.2, -0.15) is 0 Å². The van der Waals surface area contributed by atoms with Gasteiger partial charge in [-0.25, -0.2) is 0 Å². The second kappa shape index (κ2) is 3.59. The van der Waals surface area contributed by atoms with Crippen molar-refractivity contribution >= 4 is 24.2 Å². The topological polar surface area (TPSA) is 9.23 Å². The van der Waals surface area contributed by atoms with E-state index >= 15 is 0 Å². The van der Waals surface area contributed by atoms with E-state index in [1.165, 1.54) is 6.07 Å². The van der Waals surface area contributed by atoms with Crippen LogP contribution in [0.5, 0.6) is 5.75 Å². The summed E-state index contributed by atoms with van der Waals surface area (Å²) in [4.78, 5) is 0.288. The van der Waals surface area contributed by atoms with Gasteiger partial charge in [0.15, 0.2) is 0 Å². The van der Waals surface area contributed by atoms with Crippen LogP contribution in [0, 0.1) is 0 Å². The molecule has 0 aliphatic rings. The second-order valence-electron chi connectivity index (χ2n) is 2.14. The Morgan fingerprint density at radius 1 is 1.31 bits per heavy atom. The van der Waals surface area contributed by atoms with E-state index in [1.54, 1.807) is 0 Å². The first-order valence-electron chi connectivity index (χ1n) is 3.11. The van der Waals surface area contributed by atoms with Gasteiger partial charge in [0.05, 0.1) is 9.92 Å². The van der Waals surface area contributed by atoms with Crippen LogP contribution >= 0.6 is 24.2 Å². The Morgan fingerprint density at radius 3 is 2.38 bits per heavy atom. The smallest absolute Gasteiger partial charge is 0.406 e. The van der Waals surface area contributed by atoms with Gasteiger partial charge in [-0.3, -0.25) is 0 Å². The Balaban J connectivity index is 2.86. The third-order valence-electron chi connectivity index (χ3n) is 1.14. The van der Waals surface area contributed by atoms with Crippen molar-refractivity contribution in [3.8, 4) is 5.75 Å². The van der Waals surface area contributed by atoms with Crippen molar-refractivity contribution in [1.82, 2.24) is 0 Å². The number of benzene rings is 1. The summed E-state index contributed by atoms with van der Waals surface area (Å²) < 4.78 is 38.7. The molecular formula is C7H3ClF3OS. The summed E-state index contributed by atoms with van der Waals surface area (Å²) in [6.07, 6.45) is -4.70. The van der Waals surface area contributed by atoms with Crippen molar-refractivity contribution in [1.29, 1.82) is 0 Å². The van der Waals surface area contributed by atoms with Crippen molar-refractivity contribution in [2.45, 2.75) is 11.3 Å². The first kappa shape index (κ1) is 10.4. The highest BCUT2D eigenvalue weighted by atomic mass is 35.5. The van der Waals surface area contributed by atoms with E-state index in [4.69, 9.17) is 11.6 Å². The largest absolute Gasteiger partial charge is 0.573 e. The Hall–Kier alpha value is -0.680. The molecule has 1 nitrogen and oxygen atoms in total. The molecule has 1 radical (unpaired) electrons. The minimum absolute atomic E-state index is 0.0664. The van der Waals surface area contributed by atoms with Crippen LogP contribution in [0.1, 0.15) is 0 Å². The van der Waals surface area contributed by atoms with Crippen LogP contribution in [-0.4, -0.2) is 6.36 Å². The second-order valence-corrected chi connectivity index (χ2v) is 2.99. The molecule has 0 N–H and O–H groups in total. The molecule has 1 aromatic rings. The maximum atomic E-state index is 11.7.